The van der Waals surface area contributed by atoms with Crippen molar-refractivity contribution in [3.05, 3.63) is 30.1 Å². The number of hydrogen-bond acceptors (Lipinski definition) is 4. The van der Waals surface area contributed by atoms with Crippen molar-refractivity contribution in [1.29, 1.82) is 0 Å². The SMILES string of the molecule is CCNC(=NCC(C)Oc1ccc(F)cc1)N1CCC(C(=O)OCC)CC1.I. The number of hydrogen-bond donors (Lipinski definition) is 1. The van der Waals surface area contributed by atoms with Crippen LogP contribution in [0.1, 0.15) is 33.6 Å². The Morgan fingerprint density at radius 3 is 2.50 bits per heavy atom. The van der Waals surface area contributed by atoms with Crippen LogP contribution < -0.4 is 10.1 Å². The number of likely N-dealkylation sites (tertiary alicyclic amines) is 1. The fraction of sp³-hybridized carbons (Fsp3) is 0.600. The van der Waals surface area contributed by atoms with Crippen LogP contribution in [0.2, 0.25) is 0 Å². The van der Waals surface area contributed by atoms with E-state index in [1.165, 1.54) is 12.1 Å². The number of rotatable bonds is 7. The molecule has 0 aliphatic carbocycles. The quantitative estimate of drug-likeness (QED) is 0.265. The number of halogens is 2. The normalized spacial score (nSPS) is 16.1. The van der Waals surface area contributed by atoms with E-state index in [4.69, 9.17) is 9.47 Å². The molecule has 1 unspecified atom stereocenters. The second-order valence-electron chi connectivity index (χ2n) is 6.59. The summed E-state index contributed by atoms with van der Waals surface area (Å²) in [4.78, 5) is 18.7. The van der Waals surface area contributed by atoms with Crippen molar-refractivity contribution < 1.29 is 18.7 Å². The first-order valence-electron chi connectivity index (χ1n) is 9.65. The molecule has 0 saturated carbocycles. The molecule has 1 aromatic rings. The second-order valence-corrected chi connectivity index (χ2v) is 6.59. The van der Waals surface area contributed by atoms with Crippen LogP contribution in [0.5, 0.6) is 5.75 Å². The lowest BCUT2D eigenvalue weighted by Crippen LogP contribution is -2.47. The minimum absolute atomic E-state index is 0. The standard InChI is InChI=1S/C20H30FN3O3.HI/c1-4-22-20(24-12-10-16(11-13-24)19(25)26-5-2)23-14-15(3)27-18-8-6-17(21)7-9-18;/h6-9,15-16H,4-5,10-14H2,1-3H3,(H,22,23);1H. The predicted octanol–water partition coefficient (Wildman–Crippen LogP) is 3.45. The molecule has 1 N–H and O–H groups in total. The number of carbonyl (C=O) groups is 1. The topological polar surface area (TPSA) is 63.2 Å². The zero-order valence-corrected chi connectivity index (χ0v) is 19.1. The molecule has 1 aliphatic rings. The van der Waals surface area contributed by atoms with Crippen molar-refractivity contribution in [3.8, 4) is 5.75 Å². The van der Waals surface area contributed by atoms with Crippen molar-refractivity contribution in [2.45, 2.75) is 39.7 Å². The van der Waals surface area contributed by atoms with Crippen LogP contribution in [-0.2, 0) is 9.53 Å². The molecule has 1 aliphatic heterocycles. The fourth-order valence-corrected chi connectivity index (χ4v) is 3.01. The van der Waals surface area contributed by atoms with E-state index in [9.17, 15) is 9.18 Å². The Kier molecular flexibility index (Phi) is 11.2. The number of aliphatic imine (C=N–C) groups is 1. The molecule has 2 rings (SSSR count). The highest BCUT2D eigenvalue weighted by molar-refractivity contribution is 14.0. The van der Waals surface area contributed by atoms with Crippen LogP contribution in [0, 0.1) is 11.7 Å². The molecule has 1 fully saturated rings. The Hall–Kier alpha value is -1.58. The summed E-state index contributed by atoms with van der Waals surface area (Å²) in [5.41, 5.74) is 0. The summed E-state index contributed by atoms with van der Waals surface area (Å²) in [7, 11) is 0. The molecule has 1 atom stereocenters. The lowest BCUT2D eigenvalue weighted by molar-refractivity contribution is -0.149. The Labute approximate surface area is 183 Å². The zero-order chi connectivity index (χ0) is 19.6. The van der Waals surface area contributed by atoms with Gasteiger partial charge in [-0.2, -0.15) is 0 Å². The van der Waals surface area contributed by atoms with E-state index in [1.54, 1.807) is 12.1 Å². The predicted molar refractivity (Wildman–Crippen MR) is 119 cm³/mol. The summed E-state index contributed by atoms with van der Waals surface area (Å²) in [5, 5.41) is 3.30. The first kappa shape index (κ1) is 24.5. The number of guanidine groups is 1. The monoisotopic (exact) mass is 507 g/mol. The maximum atomic E-state index is 13.0. The second kappa shape index (κ2) is 12.8. The van der Waals surface area contributed by atoms with E-state index in [2.05, 4.69) is 15.2 Å². The van der Waals surface area contributed by atoms with E-state index in [0.717, 1.165) is 38.4 Å². The zero-order valence-electron chi connectivity index (χ0n) is 16.8. The van der Waals surface area contributed by atoms with Crippen molar-refractivity contribution in [2.24, 2.45) is 10.9 Å². The minimum Gasteiger partial charge on any atom is -0.489 e. The van der Waals surface area contributed by atoms with Crippen LogP contribution in [0.25, 0.3) is 0 Å². The molecule has 28 heavy (non-hydrogen) atoms. The first-order chi connectivity index (χ1) is 13.0. The van der Waals surface area contributed by atoms with Gasteiger partial charge in [0, 0.05) is 19.6 Å². The Morgan fingerprint density at radius 2 is 1.93 bits per heavy atom. The molecule has 0 bridgehead atoms. The van der Waals surface area contributed by atoms with Gasteiger partial charge < -0.3 is 19.7 Å². The number of nitrogens with zero attached hydrogens (tertiary/aromatic N) is 2. The van der Waals surface area contributed by atoms with Crippen LogP contribution in [0.15, 0.2) is 29.3 Å². The summed E-state index contributed by atoms with van der Waals surface area (Å²) < 4.78 is 23.9. The molecule has 1 heterocycles. The molecule has 0 aromatic heterocycles. The van der Waals surface area contributed by atoms with E-state index in [0.29, 0.717) is 18.9 Å². The van der Waals surface area contributed by atoms with E-state index in [-0.39, 0.29) is 47.8 Å². The van der Waals surface area contributed by atoms with Gasteiger partial charge in [0.15, 0.2) is 5.96 Å². The van der Waals surface area contributed by atoms with Crippen molar-refractivity contribution in [3.63, 3.8) is 0 Å². The smallest absolute Gasteiger partial charge is 0.309 e. The van der Waals surface area contributed by atoms with Gasteiger partial charge in [-0.25, -0.2) is 9.38 Å². The molecule has 8 heteroatoms. The van der Waals surface area contributed by atoms with Crippen molar-refractivity contribution in [1.82, 2.24) is 10.2 Å². The van der Waals surface area contributed by atoms with Gasteiger partial charge in [-0.15, -0.1) is 24.0 Å². The Balaban J connectivity index is 0.00000392. The highest BCUT2D eigenvalue weighted by Gasteiger charge is 2.27. The summed E-state index contributed by atoms with van der Waals surface area (Å²) in [6.07, 6.45) is 1.40. The third-order valence-electron chi connectivity index (χ3n) is 4.40. The molecule has 0 amide bonds. The van der Waals surface area contributed by atoms with E-state index < -0.39 is 0 Å². The summed E-state index contributed by atoms with van der Waals surface area (Å²) in [5.74, 6) is 1.05. The van der Waals surface area contributed by atoms with Gasteiger partial charge in [-0.1, -0.05) is 0 Å². The van der Waals surface area contributed by atoms with Gasteiger partial charge in [-0.3, -0.25) is 4.79 Å². The Bertz CT molecular complexity index is 620. The maximum Gasteiger partial charge on any atom is 0.309 e. The van der Waals surface area contributed by atoms with Crippen LogP contribution >= 0.6 is 24.0 Å². The molecule has 158 valence electrons. The molecule has 6 nitrogen and oxygen atoms in total. The Morgan fingerprint density at radius 1 is 1.29 bits per heavy atom. The molecule has 1 aromatic carbocycles. The minimum atomic E-state index is -0.284. The number of ether oxygens (including phenoxy) is 2. The van der Waals surface area contributed by atoms with Gasteiger partial charge in [0.1, 0.15) is 17.7 Å². The molecular formula is C20H31FIN3O3. The average molecular weight is 507 g/mol. The lowest BCUT2D eigenvalue weighted by Gasteiger charge is -2.33. The largest absolute Gasteiger partial charge is 0.489 e. The number of benzene rings is 1. The number of esters is 1. The summed E-state index contributed by atoms with van der Waals surface area (Å²) >= 11 is 0. The highest BCUT2D eigenvalue weighted by Crippen LogP contribution is 2.19. The highest BCUT2D eigenvalue weighted by atomic mass is 127. The van der Waals surface area contributed by atoms with E-state index in [1.807, 2.05) is 20.8 Å². The summed E-state index contributed by atoms with van der Waals surface area (Å²) in [6.45, 7) is 9.00. The third-order valence-corrected chi connectivity index (χ3v) is 4.40. The van der Waals surface area contributed by atoms with Crippen LogP contribution in [-0.4, -0.2) is 55.7 Å². The van der Waals surface area contributed by atoms with Gasteiger partial charge >= 0.3 is 5.97 Å². The third kappa shape index (κ3) is 7.81. The first-order valence-corrected chi connectivity index (χ1v) is 9.65. The maximum absolute atomic E-state index is 13.0. The van der Waals surface area contributed by atoms with Gasteiger partial charge in [0.2, 0.25) is 0 Å². The fourth-order valence-electron chi connectivity index (χ4n) is 3.01. The van der Waals surface area contributed by atoms with Crippen molar-refractivity contribution >= 4 is 35.9 Å². The molecular weight excluding hydrogens is 476 g/mol. The number of nitrogens with one attached hydrogen (secondary N) is 1. The van der Waals surface area contributed by atoms with Crippen LogP contribution in [0.4, 0.5) is 4.39 Å². The molecule has 0 spiro atoms. The van der Waals surface area contributed by atoms with E-state index >= 15 is 0 Å². The number of piperidine rings is 1. The average Bonchev–Trinajstić information content (AvgIpc) is 2.67. The van der Waals surface area contributed by atoms with Crippen LogP contribution in [0.3, 0.4) is 0 Å². The van der Waals surface area contributed by atoms with Gasteiger partial charge in [0.25, 0.3) is 0 Å². The summed E-state index contributed by atoms with van der Waals surface area (Å²) in [6, 6.07) is 5.98. The lowest BCUT2D eigenvalue weighted by atomic mass is 9.97. The van der Waals surface area contributed by atoms with Crippen molar-refractivity contribution in [2.75, 3.05) is 32.8 Å². The number of carbonyl (C=O) groups excluding carboxylic acids is 1. The van der Waals surface area contributed by atoms with Gasteiger partial charge in [0.05, 0.1) is 19.1 Å². The molecule has 1 saturated heterocycles. The van der Waals surface area contributed by atoms with Gasteiger partial charge in [-0.05, 0) is 57.9 Å². The molecule has 0 radical (unpaired) electrons.